The van der Waals surface area contributed by atoms with Gasteiger partial charge in [0.05, 0.1) is 16.5 Å². The van der Waals surface area contributed by atoms with Crippen LogP contribution in [0.15, 0.2) is 65.6 Å². The van der Waals surface area contributed by atoms with Crippen molar-refractivity contribution in [1.29, 1.82) is 0 Å². The molecule has 1 aliphatic heterocycles. The molecule has 1 fully saturated rings. The minimum Gasteiger partial charge on any atom is -0.489 e. The second-order valence-electron chi connectivity index (χ2n) is 7.06. The van der Waals surface area contributed by atoms with Crippen LogP contribution in [0.1, 0.15) is 16.7 Å². The average molecular weight is 506 g/mol. The van der Waals surface area contributed by atoms with Crippen molar-refractivity contribution in [1.82, 2.24) is 4.90 Å². The van der Waals surface area contributed by atoms with Crippen molar-refractivity contribution in [2.24, 2.45) is 0 Å². The Kier molecular flexibility index (Phi) is 7.02. The highest BCUT2D eigenvalue weighted by Gasteiger charge is 2.35. The molecule has 1 saturated heterocycles. The van der Waals surface area contributed by atoms with Gasteiger partial charge in [0.1, 0.15) is 24.0 Å². The zero-order valence-electron chi connectivity index (χ0n) is 16.9. The minimum absolute atomic E-state index is 0.0321. The molecule has 9 heteroatoms. The van der Waals surface area contributed by atoms with Gasteiger partial charge in [0.2, 0.25) is 0 Å². The minimum atomic E-state index is -0.498. The van der Waals surface area contributed by atoms with Crippen molar-refractivity contribution in [2.45, 2.75) is 13.2 Å². The van der Waals surface area contributed by atoms with Crippen LogP contribution in [-0.2, 0) is 17.9 Å². The van der Waals surface area contributed by atoms with Gasteiger partial charge in [-0.25, -0.2) is 8.78 Å². The summed E-state index contributed by atoms with van der Waals surface area (Å²) in [5.41, 5.74) is 1.41. The molecule has 0 atom stereocenters. The highest BCUT2D eigenvalue weighted by molar-refractivity contribution is 8.18. The molecule has 4 rings (SSSR count). The number of halogens is 4. The third kappa shape index (κ3) is 5.38. The summed E-state index contributed by atoms with van der Waals surface area (Å²) >= 11 is 12.8. The molecular formula is C24H15Cl2F2NO3S. The summed E-state index contributed by atoms with van der Waals surface area (Å²) in [5.74, 6) is -0.913. The van der Waals surface area contributed by atoms with E-state index in [1.807, 2.05) is 0 Å². The van der Waals surface area contributed by atoms with Gasteiger partial charge in [-0.15, -0.1) is 0 Å². The number of thioether (sulfide) groups is 1. The molecule has 0 bridgehead atoms. The Morgan fingerprint density at radius 1 is 0.970 bits per heavy atom. The zero-order chi connectivity index (χ0) is 23.5. The molecule has 3 aromatic rings. The maximum Gasteiger partial charge on any atom is 0.293 e. The first-order valence-electron chi connectivity index (χ1n) is 9.67. The van der Waals surface area contributed by atoms with E-state index < -0.39 is 22.8 Å². The van der Waals surface area contributed by atoms with Gasteiger partial charge in [-0.2, -0.15) is 0 Å². The number of carbonyl (C=O) groups is 2. The Labute approximate surface area is 202 Å². The van der Waals surface area contributed by atoms with Gasteiger partial charge in [-0.3, -0.25) is 14.5 Å². The van der Waals surface area contributed by atoms with Crippen LogP contribution in [0.4, 0.5) is 13.6 Å². The van der Waals surface area contributed by atoms with Crippen molar-refractivity contribution in [2.75, 3.05) is 0 Å². The van der Waals surface area contributed by atoms with Gasteiger partial charge in [0.25, 0.3) is 11.1 Å². The molecular weight excluding hydrogens is 491 g/mol. The summed E-state index contributed by atoms with van der Waals surface area (Å²) in [6.45, 7) is -0.0812. The van der Waals surface area contributed by atoms with Gasteiger partial charge < -0.3 is 4.74 Å². The molecule has 0 spiro atoms. The number of ether oxygens (including phenoxy) is 1. The molecule has 0 saturated carbocycles. The van der Waals surface area contributed by atoms with E-state index in [4.69, 9.17) is 27.9 Å². The van der Waals surface area contributed by atoms with Gasteiger partial charge in [-0.1, -0.05) is 47.5 Å². The fourth-order valence-electron chi connectivity index (χ4n) is 3.09. The van der Waals surface area contributed by atoms with Crippen molar-refractivity contribution < 1.29 is 23.1 Å². The smallest absolute Gasteiger partial charge is 0.293 e. The second kappa shape index (κ2) is 9.95. The number of nitrogens with zero attached hydrogens (tertiary/aromatic N) is 1. The molecule has 0 unspecified atom stereocenters. The third-order valence-electron chi connectivity index (χ3n) is 4.84. The van der Waals surface area contributed by atoms with Gasteiger partial charge >= 0.3 is 0 Å². The van der Waals surface area contributed by atoms with E-state index in [0.717, 1.165) is 22.7 Å². The van der Waals surface area contributed by atoms with E-state index in [-0.39, 0.29) is 33.7 Å². The lowest BCUT2D eigenvalue weighted by Gasteiger charge is -2.13. The quantitative estimate of drug-likeness (QED) is 0.335. The van der Waals surface area contributed by atoms with Crippen LogP contribution in [0, 0.1) is 11.6 Å². The fraction of sp³-hybridized carbons (Fsp3) is 0.0833. The maximum absolute atomic E-state index is 13.9. The first-order chi connectivity index (χ1) is 15.8. The van der Waals surface area contributed by atoms with E-state index in [0.29, 0.717) is 16.9 Å². The molecule has 0 radical (unpaired) electrons. The first-order valence-corrected chi connectivity index (χ1v) is 11.2. The third-order valence-corrected chi connectivity index (χ3v) is 6.45. The van der Waals surface area contributed by atoms with Crippen LogP contribution in [0.5, 0.6) is 5.75 Å². The topological polar surface area (TPSA) is 46.6 Å². The Hall–Kier alpha value is -2.87. The highest BCUT2D eigenvalue weighted by atomic mass is 35.5. The number of rotatable bonds is 6. The van der Waals surface area contributed by atoms with Crippen molar-refractivity contribution in [3.8, 4) is 5.75 Å². The zero-order valence-corrected chi connectivity index (χ0v) is 19.2. The molecule has 33 heavy (non-hydrogen) atoms. The lowest BCUT2D eigenvalue weighted by atomic mass is 10.2. The van der Waals surface area contributed by atoms with Crippen molar-refractivity contribution >= 4 is 52.2 Å². The van der Waals surface area contributed by atoms with Gasteiger partial charge in [0, 0.05) is 10.6 Å². The first kappa shape index (κ1) is 23.3. The predicted molar refractivity (Wildman–Crippen MR) is 125 cm³/mol. The largest absolute Gasteiger partial charge is 0.489 e. The van der Waals surface area contributed by atoms with Crippen molar-refractivity contribution in [3.05, 3.63) is 104 Å². The van der Waals surface area contributed by atoms with E-state index >= 15 is 0 Å². The SMILES string of the molecule is O=C1S/C(=C\c2ccc(OCc3c(F)cccc3Cl)cc2)C(=O)N1Cc1ccc(F)cc1Cl. The molecule has 0 N–H and O–H groups in total. The van der Waals surface area contributed by atoms with Gasteiger partial charge in [-0.05, 0) is 65.4 Å². The number of benzene rings is 3. The fourth-order valence-corrected chi connectivity index (χ4v) is 4.38. The number of imide groups is 1. The molecule has 1 heterocycles. The lowest BCUT2D eigenvalue weighted by Crippen LogP contribution is -2.27. The number of carbonyl (C=O) groups excluding carboxylic acids is 2. The molecule has 1 aliphatic rings. The van der Waals surface area contributed by atoms with E-state index in [1.165, 1.54) is 24.3 Å². The van der Waals surface area contributed by atoms with E-state index in [1.54, 1.807) is 36.4 Å². The molecule has 168 valence electrons. The highest BCUT2D eigenvalue weighted by Crippen LogP contribution is 2.34. The van der Waals surface area contributed by atoms with Gasteiger partial charge in [0.15, 0.2) is 0 Å². The molecule has 0 aromatic heterocycles. The molecule has 4 nitrogen and oxygen atoms in total. The summed E-state index contributed by atoms with van der Waals surface area (Å²) in [5, 5.41) is -0.0112. The number of hydrogen-bond acceptors (Lipinski definition) is 4. The normalized spacial score (nSPS) is 14.9. The van der Waals surface area contributed by atoms with E-state index in [2.05, 4.69) is 0 Å². The molecule has 3 aromatic carbocycles. The standard InChI is InChI=1S/C24H15Cl2F2NO3S/c25-19-2-1-3-21(28)18(19)13-32-17-8-4-14(5-9-17)10-22-23(30)29(24(31)33-22)12-15-6-7-16(27)11-20(15)26/h1-11H,12-13H2/b22-10-. The van der Waals surface area contributed by atoms with Crippen LogP contribution in [0.25, 0.3) is 6.08 Å². The monoisotopic (exact) mass is 505 g/mol. The summed E-state index contributed by atoms with van der Waals surface area (Å²) in [7, 11) is 0. The average Bonchev–Trinajstić information content (AvgIpc) is 3.03. The predicted octanol–water partition coefficient (Wildman–Crippen LogP) is 7.09. The Balaban J connectivity index is 1.43. The van der Waals surface area contributed by atoms with Crippen LogP contribution in [-0.4, -0.2) is 16.0 Å². The summed E-state index contributed by atoms with van der Waals surface area (Å²) in [6.07, 6.45) is 1.59. The lowest BCUT2D eigenvalue weighted by molar-refractivity contribution is -0.123. The van der Waals surface area contributed by atoms with Crippen LogP contribution < -0.4 is 4.74 Å². The number of amides is 2. The number of hydrogen-bond donors (Lipinski definition) is 0. The van der Waals surface area contributed by atoms with Crippen LogP contribution >= 0.6 is 35.0 Å². The summed E-state index contributed by atoms with van der Waals surface area (Å²) < 4.78 is 32.7. The molecule has 2 amide bonds. The van der Waals surface area contributed by atoms with Crippen molar-refractivity contribution in [3.63, 3.8) is 0 Å². The Morgan fingerprint density at radius 3 is 2.42 bits per heavy atom. The summed E-state index contributed by atoms with van der Waals surface area (Å²) in [4.78, 5) is 26.4. The molecule has 0 aliphatic carbocycles. The Bertz CT molecular complexity index is 1240. The van der Waals surface area contributed by atoms with E-state index in [9.17, 15) is 18.4 Å². The maximum atomic E-state index is 13.9. The van der Waals surface area contributed by atoms with Crippen LogP contribution in [0.2, 0.25) is 10.0 Å². The Morgan fingerprint density at radius 2 is 1.73 bits per heavy atom. The second-order valence-corrected chi connectivity index (χ2v) is 8.87. The summed E-state index contributed by atoms with van der Waals surface area (Å²) in [6, 6.07) is 15.0. The van der Waals surface area contributed by atoms with Crippen LogP contribution in [0.3, 0.4) is 0 Å².